The Morgan fingerprint density at radius 2 is 1.90 bits per heavy atom. The molecule has 0 aliphatic heterocycles. The highest BCUT2D eigenvalue weighted by molar-refractivity contribution is 7.98. The molecule has 0 aromatic heterocycles. The van der Waals surface area contributed by atoms with Gasteiger partial charge in [0.2, 0.25) is 0 Å². The molecule has 0 aliphatic carbocycles. The minimum Gasteiger partial charge on any atom is -0.327 e. The molecule has 0 aliphatic rings. The maximum Gasteiger partial charge on any atom is 0.123 e. The molecular weight excluding hydrogens is 281 g/mol. The molecular formula is C18H22FNS. The molecule has 0 fully saturated rings. The van der Waals surface area contributed by atoms with Crippen LogP contribution in [0.3, 0.4) is 0 Å². The van der Waals surface area contributed by atoms with Crippen molar-refractivity contribution in [3.63, 3.8) is 0 Å². The molecule has 1 nitrogen and oxygen atoms in total. The van der Waals surface area contributed by atoms with Gasteiger partial charge in [0.05, 0.1) is 0 Å². The first-order valence-corrected chi connectivity index (χ1v) is 8.30. The largest absolute Gasteiger partial charge is 0.327 e. The van der Waals surface area contributed by atoms with Crippen LogP contribution in [-0.2, 0) is 12.2 Å². The average molecular weight is 303 g/mol. The minimum atomic E-state index is -0.187. The van der Waals surface area contributed by atoms with Gasteiger partial charge in [0.1, 0.15) is 5.82 Å². The molecule has 2 rings (SSSR count). The number of benzene rings is 2. The Bertz CT molecular complexity index is 598. The summed E-state index contributed by atoms with van der Waals surface area (Å²) in [5.41, 5.74) is 9.65. The molecule has 0 radical (unpaired) electrons. The first-order valence-electron chi connectivity index (χ1n) is 7.31. The standard InChI is InChI=1S/C18H22FNS/c1-3-17(20)11-15-10-16(19)8-9-18(15)21-12-14-7-5-4-6-13(14)2/h4-10,17H,3,11-12,20H2,1-2H3. The van der Waals surface area contributed by atoms with Gasteiger partial charge in [-0.1, -0.05) is 31.2 Å². The van der Waals surface area contributed by atoms with E-state index in [1.165, 1.54) is 17.2 Å². The molecule has 0 heterocycles. The van der Waals surface area contributed by atoms with Crippen molar-refractivity contribution in [2.45, 2.75) is 43.4 Å². The minimum absolute atomic E-state index is 0.0876. The third-order valence-corrected chi connectivity index (χ3v) is 4.84. The van der Waals surface area contributed by atoms with Crippen molar-refractivity contribution in [1.82, 2.24) is 0 Å². The number of aryl methyl sites for hydroxylation is 1. The van der Waals surface area contributed by atoms with E-state index in [2.05, 4.69) is 32.0 Å². The fourth-order valence-corrected chi connectivity index (χ4v) is 3.33. The Labute approximate surface area is 130 Å². The van der Waals surface area contributed by atoms with Gasteiger partial charge in [-0.05, 0) is 54.7 Å². The second kappa shape index (κ2) is 7.62. The van der Waals surface area contributed by atoms with Crippen molar-refractivity contribution in [2.75, 3.05) is 0 Å². The van der Waals surface area contributed by atoms with Crippen LogP contribution < -0.4 is 5.73 Å². The van der Waals surface area contributed by atoms with Crippen LogP contribution in [-0.4, -0.2) is 6.04 Å². The van der Waals surface area contributed by atoms with Crippen molar-refractivity contribution < 1.29 is 4.39 Å². The second-order valence-corrected chi connectivity index (χ2v) is 6.36. The fourth-order valence-electron chi connectivity index (χ4n) is 2.20. The quantitative estimate of drug-likeness (QED) is 0.782. The van der Waals surface area contributed by atoms with Crippen LogP contribution in [0, 0.1) is 12.7 Å². The van der Waals surface area contributed by atoms with E-state index in [0.717, 1.165) is 29.1 Å². The molecule has 2 aromatic rings. The van der Waals surface area contributed by atoms with E-state index < -0.39 is 0 Å². The summed E-state index contributed by atoms with van der Waals surface area (Å²) >= 11 is 1.75. The van der Waals surface area contributed by atoms with E-state index in [4.69, 9.17) is 5.73 Å². The smallest absolute Gasteiger partial charge is 0.123 e. The molecule has 21 heavy (non-hydrogen) atoms. The summed E-state index contributed by atoms with van der Waals surface area (Å²) in [6.07, 6.45) is 1.63. The summed E-state index contributed by atoms with van der Waals surface area (Å²) in [5.74, 6) is 0.709. The normalized spacial score (nSPS) is 12.4. The lowest BCUT2D eigenvalue weighted by molar-refractivity contribution is 0.610. The van der Waals surface area contributed by atoms with Crippen LogP contribution in [0.15, 0.2) is 47.4 Å². The topological polar surface area (TPSA) is 26.0 Å². The van der Waals surface area contributed by atoms with Gasteiger partial charge >= 0.3 is 0 Å². The lowest BCUT2D eigenvalue weighted by Gasteiger charge is -2.14. The van der Waals surface area contributed by atoms with E-state index in [-0.39, 0.29) is 11.9 Å². The first kappa shape index (κ1) is 16.1. The Kier molecular flexibility index (Phi) is 5.83. The van der Waals surface area contributed by atoms with Gasteiger partial charge in [-0.15, -0.1) is 11.8 Å². The number of hydrogen-bond donors (Lipinski definition) is 1. The van der Waals surface area contributed by atoms with Crippen molar-refractivity contribution in [2.24, 2.45) is 5.73 Å². The van der Waals surface area contributed by atoms with Gasteiger partial charge in [-0.3, -0.25) is 0 Å². The Morgan fingerprint density at radius 3 is 2.62 bits per heavy atom. The molecule has 0 saturated carbocycles. The van der Waals surface area contributed by atoms with Gasteiger partial charge in [0, 0.05) is 16.7 Å². The molecule has 2 N–H and O–H groups in total. The number of rotatable bonds is 6. The van der Waals surface area contributed by atoms with Crippen molar-refractivity contribution in [3.8, 4) is 0 Å². The van der Waals surface area contributed by atoms with E-state index in [1.807, 2.05) is 12.1 Å². The van der Waals surface area contributed by atoms with Gasteiger partial charge in [0.15, 0.2) is 0 Å². The molecule has 1 unspecified atom stereocenters. The number of nitrogens with two attached hydrogens (primary N) is 1. The van der Waals surface area contributed by atoms with Crippen LogP contribution in [0.25, 0.3) is 0 Å². The van der Waals surface area contributed by atoms with Gasteiger partial charge in [-0.2, -0.15) is 0 Å². The predicted octanol–water partition coefficient (Wildman–Crippen LogP) is 4.71. The highest BCUT2D eigenvalue weighted by atomic mass is 32.2. The third-order valence-electron chi connectivity index (χ3n) is 3.67. The molecule has 0 spiro atoms. The molecule has 0 amide bonds. The van der Waals surface area contributed by atoms with E-state index in [1.54, 1.807) is 17.8 Å². The Morgan fingerprint density at radius 1 is 1.14 bits per heavy atom. The molecule has 3 heteroatoms. The summed E-state index contributed by atoms with van der Waals surface area (Å²) < 4.78 is 13.5. The van der Waals surface area contributed by atoms with Gasteiger partial charge in [-0.25, -0.2) is 4.39 Å². The Hall–Kier alpha value is -1.32. The SMILES string of the molecule is CCC(N)Cc1cc(F)ccc1SCc1ccccc1C. The lowest BCUT2D eigenvalue weighted by Crippen LogP contribution is -2.21. The summed E-state index contributed by atoms with van der Waals surface area (Å²) in [5, 5.41) is 0. The summed E-state index contributed by atoms with van der Waals surface area (Å²) in [6.45, 7) is 4.18. The highest BCUT2D eigenvalue weighted by Crippen LogP contribution is 2.29. The number of thioether (sulfide) groups is 1. The highest BCUT2D eigenvalue weighted by Gasteiger charge is 2.09. The zero-order valence-electron chi connectivity index (χ0n) is 12.6. The molecule has 112 valence electrons. The van der Waals surface area contributed by atoms with Crippen LogP contribution in [0.4, 0.5) is 4.39 Å². The van der Waals surface area contributed by atoms with Crippen molar-refractivity contribution >= 4 is 11.8 Å². The van der Waals surface area contributed by atoms with Crippen LogP contribution in [0.1, 0.15) is 30.0 Å². The fraction of sp³-hybridized carbons (Fsp3) is 0.333. The second-order valence-electron chi connectivity index (χ2n) is 5.34. The van der Waals surface area contributed by atoms with Crippen LogP contribution in [0.5, 0.6) is 0 Å². The number of halogens is 1. The van der Waals surface area contributed by atoms with E-state index in [9.17, 15) is 4.39 Å². The van der Waals surface area contributed by atoms with Gasteiger partial charge < -0.3 is 5.73 Å². The summed E-state index contributed by atoms with van der Waals surface area (Å²) in [7, 11) is 0. The average Bonchev–Trinajstić information content (AvgIpc) is 2.48. The maximum absolute atomic E-state index is 13.5. The Balaban J connectivity index is 2.14. The molecule has 0 saturated heterocycles. The zero-order valence-corrected chi connectivity index (χ0v) is 13.4. The molecule has 0 bridgehead atoms. The number of hydrogen-bond acceptors (Lipinski definition) is 2. The third kappa shape index (κ3) is 4.58. The van der Waals surface area contributed by atoms with Crippen LogP contribution >= 0.6 is 11.8 Å². The van der Waals surface area contributed by atoms with Gasteiger partial charge in [0.25, 0.3) is 0 Å². The predicted molar refractivity (Wildman–Crippen MR) is 89.1 cm³/mol. The zero-order chi connectivity index (χ0) is 15.2. The van der Waals surface area contributed by atoms with Crippen molar-refractivity contribution in [1.29, 1.82) is 0 Å². The van der Waals surface area contributed by atoms with E-state index >= 15 is 0 Å². The lowest BCUT2D eigenvalue weighted by atomic mass is 10.0. The first-order chi connectivity index (χ1) is 10.1. The molecule has 2 aromatic carbocycles. The summed E-state index contributed by atoms with van der Waals surface area (Å²) in [6, 6.07) is 13.5. The van der Waals surface area contributed by atoms with E-state index in [0.29, 0.717) is 0 Å². The molecule has 1 atom stereocenters. The maximum atomic E-state index is 13.5. The summed E-state index contributed by atoms with van der Waals surface area (Å²) in [4.78, 5) is 1.13. The monoisotopic (exact) mass is 303 g/mol. The van der Waals surface area contributed by atoms with Crippen LogP contribution in [0.2, 0.25) is 0 Å². The van der Waals surface area contributed by atoms with Crippen molar-refractivity contribution in [3.05, 3.63) is 65.0 Å².